The monoisotopic (exact) mass is 354 g/mol. The van der Waals surface area contributed by atoms with Crippen molar-refractivity contribution in [1.29, 1.82) is 0 Å². The van der Waals surface area contributed by atoms with Crippen LogP contribution in [0.25, 0.3) is 0 Å². The molecule has 1 unspecified atom stereocenters. The summed E-state index contributed by atoms with van der Waals surface area (Å²) in [7, 11) is 0. The molecule has 1 atom stereocenters. The number of nitrogens with one attached hydrogen (secondary N) is 2. The van der Waals surface area contributed by atoms with Crippen molar-refractivity contribution in [1.82, 2.24) is 5.32 Å². The van der Waals surface area contributed by atoms with E-state index in [1.54, 1.807) is 0 Å². The normalized spacial score (nSPS) is 16.2. The number of anilines is 1. The fourth-order valence-corrected chi connectivity index (χ4v) is 2.85. The first-order valence-electron chi connectivity index (χ1n) is 9.18. The van der Waals surface area contributed by atoms with E-state index in [1.807, 2.05) is 54.6 Å². The fourth-order valence-electron chi connectivity index (χ4n) is 2.85. The maximum Gasteiger partial charge on any atom is 0.221 e. The highest BCUT2D eigenvalue weighted by molar-refractivity contribution is 5.76. The maximum absolute atomic E-state index is 11.8. The molecule has 1 aliphatic heterocycles. The molecule has 1 saturated heterocycles. The average Bonchev–Trinajstić information content (AvgIpc) is 3.20. The third-order valence-corrected chi connectivity index (χ3v) is 4.33. The molecule has 0 bridgehead atoms. The Balaban J connectivity index is 1.32. The molecule has 3 rings (SSSR count). The van der Waals surface area contributed by atoms with Gasteiger partial charge in [-0.15, -0.1) is 0 Å². The molecule has 1 amide bonds. The van der Waals surface area contributed by atoms with Gasteiger partial charge in [0.15, 0.2) is 0 Å². The number of ether oxygens (including phenoxy) is 2. The summed E-state index contributed by atoms with van der Waals surface area (Å²) in [5.74, 6) is 0.879. The molecule has 0 radical (unpaired) electrons. The van der Waals surface area contributed by atoms with Gasteiger partial charge in [-0.2, -0.15) is 0 Å². The van der Waals surface area contributed by atoms with Crippen LogP contribution in [0.3, 0.4) is 0 Å². The second-order valence-electron chi connectivity index (χ2n) is 6.41. The number of carbonyl (C=O) groups is 1. The van der Waals surface area contributed by atoms with Gasteiger partial charge < -0.3 is 20.1 Å². The second kappa shape index (κ2) is 9.82. The molecule has 0 saturated carbocycles. The van der Waals surface area contributed by atoms with E-state index >= 15 is 0 Å². The van der Waals surface area contributed by atoms with Crippen LogP contribution in [0.15, 0.2) is 54.6 Å². The van der Waals surface area contributed by atoms with Gasteiger partial charge in [0.05, 0.1) is 6.10 Å². The number of benzene rings is 2. The van der Waals surface area contributed by atoms with Crippen LogP contribution in [0.5, 0.6) is 5.75 Å². The smallest absolute Gasteiger partial charge is 0.221 e. The van der Waals surface area contributed by atoms with E-state index in [2.05, 4.69) is 10.6 Å². The molecule has 1 aliphatic rings. The lowest BCUT2D eigenvalue weighted by molar-refractivity contribution is -0.121. The summed E-state index contributed by atoms with van der Waals surface area (Å²) < 4.78 is 11.3. The summed E-state index contributed by atoms with van der Waals surface area (Å²) in [5.41, 5.74) is 2.12. The molecule has 0 aromatic heterocycles. The predicted molar refractivity (Wildman–Crippen MR) is 102 cm³/mol. The minimum absolute atomic E-state index is 0.0517. The van der Waals surface area contributed by atoms with Crippen molar-refractivity contribution in [2.75, 3.05) is 25.0 Å². The van der Waals surface area contributed by atoms with E-state index in [0.717, 1.165) is 36.4 Å². The maximum atomic E-state index is 11.8. The minimum Gasteiger partial charge on any atom is -0.489 e. The number of carbonyl (C=O) groups excluding carboxylic acids is 1. The van der Waals surface area contributed by atoms with Crippen molar-refractivity contribution in [2.45, 2.75) is 32.0 Å². The molecule has 5 heteroatoms. The van der Waals surface area contributed by atoms with E-state index in [4.69, 9.17) is 9.47 Å². The van der Waals surface area contributed by atoms with Gasteiger partial charge in [-0.05, 0) is 42.7 Å². The summed E-state index contributed by atoms with van der Waals surface area (Å²) in [5, 5.41) is 6.19. The zero-order valence-electron chi connectivity index (χ0n) is 14.9. The predicted octanol–water partition coefficient (Wildman–Crippen LogP) is 3.36. The van der Waals surface area contributed by atoms with Gasteiger partial charge in [0.2, 0.25) is 5.91 Å². The Morgan fingerprint density at radius 2 is 1.92 bits per heavy atom. The van der Waals surface area contributed by atoms with Crippen molar-refractivity contribution in [3.8, 4) is 5.75 Å². The van der Waals surface area contributed by atoms with Crippen LogP contribution in [0, 0.1) is 0 Å². The zero-order valence-corrected chi connectivity index (χ0v) is 14.9. The number of amides is 1. The Bertz CT molecular complexity index is 667. The molecule has 2 N–H and O–H groups in total. The van der Waals surface area contributed by atoms with Crippen molar-refractivity contribution in [3.05, 3.63) is 60.2 Å². The third kappa shape index (κ3) is 6.08. The Morgan fingerprint density at radius 1 is 1.12 bits per heavy atom. The molecule has 2 aromatic rings. The SMILES string of the molecule is O=C(CCNc1ccc(OCc2ccccc2)cc1)NCC1CCCO1. The zero-order chi connectivity index (χ0) is 18.0. The fraction of sp³-hybridized carbons (Fsp3) is 0.381. The average molecular weight is 354 g/mol. The van der Waals surface area contributed by atoms with Crippen LogP contribution in [0.4, 0.5) is 5.69 Å². The van der Waals surface area contributed by atoms with E-state index in [0.29, 0.717) is 26.1 Å². The first-order valence-corrected chi connectivity index (χ1v) is 9.18. The largest absolute Gasteiger partial charge is 0.489 e. The molecule has 5 nitrogen and oxygen atoms in total. The number of hydrogen-bond acceptors (Lipinski definition) is 4. The van der Waals surface area contributed by atoms with Gasteiger partial charge in [-0.1, -0.05) is 30.3 Å². The Labute approximate surface area is 154 Å². The van der Waals surface area contributed by atoms with Crippen LogP contribution in [-0.4, -0.2) is 31.7 Å². The first kappa shape index (κ1) is 18.3. The first-order chi connectivity index (χ1) is 12.8. The van der Waals surface area contributed by atoms with Gasteiger partial charge in [-0.3, -0.25) is 4.79 Å². The van der Waals surface area contributed by atoms with E-state index < -0.39 is 0 Å². The summed E-state index contributed by atoms with van der Waals surface area (Å²) in [6, 6.07) is 17.9. The van der Waals surface area contributed by atoms with Crippen LogP contribution in [-0.2, 0) is 16.1 Å². The van der Waals surface area contributed by atoms with Crippen molar-refractivity contribution < 1.29 is 14.3 Å². The lowest BCUT2D eigenvalue weighted by Gasteiger charge is -2.11. The Hall–Kier alpha value is -2.53. The van der Waals surface area contributed by atoms with Crippen LogP contribution in [0.1, 0.15) is 24.8 Å². The lowest BCUT2D eigenvalue weighted by atomic mass is 10.2. The number of hydrogen-bond donors (Lipinski definition) is 2. The highest BCUT2D eigenvalue weighted by Crippen LogP contribution is 2.17. The van der Waals surface area contributed by atoms with Gasteiger partial charge in [0.25, 0.3) is 0 Å². The van der Waals surface area contributed by atoms with Crippen molar-refractivity contribution in [2.24, 2.45) is 0 Å². The summed E-state index contributed by atoms with van der Waals surface area (Å²) in [6.45, 7) is 2.58. The summed E-state index contributed by atoms with van der Waals surface area (Å²) >= 11 is 0. The summed E-state index contributed by atoms with van der Waals surface area (Å²) in [4.78, 5) is 11.8. The highest BCUT2D eigenvalue weighted by atomic mass is 16.5. The van der Waals surface area contributed by atoms with Gasteiger partial charge in [-0.25, -0.2) is 0 Å². The molecule has 138 valence electrons. The lowest BCUT2D eigenvalue weighted by Crippen LogP contribution is -2.32. The van der Waals surface area contributed by atoms with E-state index in [1.165, 1.54) is 0 Å². The molecule has 1 heterocycles. The molecule has 0 spiro atoms. The van der Waals surface area contributed by atoms with Crippen molar-refractivity contribution in [3.63, 3.8) is 0 Å². The standard InChI is InChI=1S/C21H26N2O3/c24-21(23-15-20-7-4-14-25-20)12-13-22-18-8-10-19(11-9-18)26-16-17-5-2-1-3-6-17/h1-3,5-6,8-11,20,22H,4,7,12-16H2,(H,23,24). The van der Waals surface area contributed by atoms with E-state index in [-0.39, 0.29) is 12.0 Å². The Morgan fingerprint density at radius 3 is 2.65 bits per heavy atom. The summed E-state index contributed by atoms with van der Waals surface area (Å²) in [6.07, 6.45) is 2.76. The highest BCUT2D eigenvalue weighted by Gasteiger charge is 2.15. The molecule has 26 heavy (non-hydrogen) atoms. The van der Waals surface area contributed by atoms with E-state index in [9.17, 15) is 4.79 Å². The molecular weight excluding hydrogens is 328 g/mol. The quantitative estimate of drug-likeness (QED) is 0.725. The second-order valence-corrected chi connectivity index (χ2v) is 6.41. The molecule has 2 aromatic carbocycles. The van der Waals surface area contributed by atoms with Crippen LogP contribution >= 0.6 is 0 Å². The number of rotatable bonds is 9. The van der Waals surface area contributed by atoms with Gasteiger partial charge in [0, 0.05) is 31.8 Å². The Kier molecular flexibility index (Phi) is 6.90. The van der Waals surface area contributed by atoms with Crippen LogP contribution in [0.2, 0.25) is 0 Å². The van der Waals surface area contributed by atoms with Gasteiger partial charge >= 0.3 is 0 Å². The topological polar surface area (TPSA) is 59.6 Å². The minimum atomic E-state index is 0.0517. The van der Waals surface area contributed by atoms with Crippen LogP contribution < -0.4 is 15.4 Å². The van der Waals surface area contributed by atoms with Crippen molar-refractivity contribution >= 4 is 11.6 Å². The molecular formula is C21H26N2O3. The third-order valence-electron chi connectivity index (χ3n) is 4.33. The molecule has 0 aliphatic carbocycles. The van der Waals surface area contributed by atoms with Gasteiger partial charge in [0.1, 0.15) is 12.4 Å². The molecule has 1 fully saturated rings.